The van der Waals surface area contributed by atoms with Crippen molar-refractivity contribution < 1.29 is 13.7 Å². The van der Waals surface area contributed by atoms with Gasteiger partial charge in [-0.05, 0) is 44.2 Å². The molecule has 136 valence electrons. The van der Waals surface area contributed by atoms with E-state index in [4.69, 9.17) is 8.94 Å². The third kappa shape index (κ3) is 3.47. The van der Waals surface area contributed by atoms with Gasteiger partial charge in [0, 0.05) is 12.3 Å². The molecule has 0 spiro atoms. The van der Waals surface area contributed by atoms with Gasteiger partial charge in [0.15, 0.2) is 17.3 Å². The van der Waals surface area contributed by atoms with E-state index >= 15 is 0 Å². The molecule has 1 amide bonds. The van der Waals surface area contributed by atoms with Crippen molar-refractivity contribution in [3.05, 3.63) is 59.7 Å². The molecule has 0 aliphatic carbocycles. The summed E-state index contributed by atoms with van der Waals surface area (Å²) in [4.78, 5) is 16.2. The highest BCUT2D eigenvalue weighted by molar-refractivity contribution is 5.91. The molecule has 0 unspecified atom stereocenters. The van der Waals surface area contributed by atoms with E-state index in [1.807, 2.05) is 31.3 Å². The normalized spacial score (nSPS) is 11.5. The highest BCUT2D eigenvalue weighted by atomic mass is 16.5. The summed E-state index contributed by atoms with van der Waals surface area (Å²) in [6.07, 6.45) is 4.83. The molecule has 0 radical (unpaired) electrons. The van der Waals surface area contributed by atoms with Gasteiger partial charge in [0.25, 0.3) is 5.89 Å². The zero-order valence-electron chi connectivity index (χ0n) is 14.7. The fraction of sp³-hybridized carbons (Fsp3) is 0.167. The summed E-state index contributed by atoms with van der Waals surface area (Å²) >= 11 is 0. The van der Waals surface area contributed by atoms with E-state index < -0.39 is 0 Å². The first kappa shape index (κ1) is 16.7. The lowest BCUT2D eigenvalue weighted by Gasteiger charge is -2.02. The molecule has 27 heavy (non-hydrogen) atoms. The zero-order chi connectivity index (χ0) is 18.8. The minimum Gasteiger partial charge on any atom is -0.462 e. The summed E-state index contributed by atoms with van der Waals surface area (Å²) in [5, 5.41) is 14.9. The Morgan fingerprint density at radius 1 is 1.26 bits per heavy atom. The third-order valence-electron chi connectivity index (χ3n) is 3.84. The largest absolute Gasteiger partial charge is 0.462 e. The van der Waals surface area contributed by atoms with Crippen LogP contribution in [0.1, 0.15) is 23.2 Å². The van der Waals surface area contributed by atoms with Gasteiger partial charge in [0.2, 0.25) is 5.91 Å². The van der Waals surface area contributed by atoms with E-state index in [9.17, 15) is 4.79 Å². The van der Waals surface area contributed by atoms with Gasteiger partial charge in [-0.15, -0.1) is 10.2 Å². The average molecular weight is 364 g/mol. The zero-order valence-corrected chi connectivity index (χ0v) is 14.7. The Hall–Kier alpha value is -3.75. The summed E-state index contributed by atoms with van der Waals surface area (Å²) in [5.74, 6) is 2.64. The van der Waals surface area contributed by atoms with Crippen molar-refractivity contribution >= 4 is 17.6 Å². The number of carbonyl (C=O) groups excluding carboxylic acids is 1. The van der Waals surface area contributed by atoms with E-state index in [0.29, 0.717) is 34.5 Å². The number of amides is 1. The Balaban J connectivity index is 1.50. The molecule has 4 rings (SSSR count). The quantitative estimate of drug-likeness (QED) is 0.541. The van der Waals surface area contributed by atoms with E-state index in [0.717, 1.165) is 5.76 Å². The minimum atomic E-state index is -0.260. The molecule has 0 aliphatic heterocycles. The van der Waals surface area contributed by atoms with Crippen LogP contribution in [0.5, 0.6) is 0 Å². The number of rotatable bonds is 5. The summed E-state index contributed by atoms with van der Waals surface area (Å²) in [6, 6.07) is 7.29. The summed E-state index contributed by atoms with van der Waals surface area (Å²) < 4.78 is 12.4. The first-order chi connectivity index (χ1) is 13.1. The van der Waals surface area contributed by atoms with Crippen molar-refractivity contribution in [2.24, 2.45) is 0 Å². The van der Waals surface area contributed by atoms with Crippen LogP contribution in [-0.4, -0.2) is 30.6 Å². The van der Waals surface area contributed by atoms with E-state index in [-0.39, 0.29) is 12.5 Å². The van der Waals surface area contributed by atoms with Crippen LogP contribution in [0.25, 0.3) is 23.2 Å². The summed E-state index contributed by atoms with van der Waals surface area (Å²) in [5.41, 5.74) is 1.25. The minimum absolute atomic E-state index is 0.216. The second kappa shape index (κ2) is 6.87. The summed E-state index contributed by atoms with van der Waals surface area (Å²) in [6.45, 7) is 3.81. The van der Waals surface area contributed by atoms with Crippen LogP contribution in [-0.2, 0) is 11.3 Å². The second-order valence-corrected chi connectivity index (χ2v) is 5.88. The fourth-order valence-corrected chi connectivity index (χ4v) is 2.58. The second-order valence-electron chi connectivity index (χ2n) is 5.88. The number of nitrogens with zero attached hydrogens (tertiary/aromatic N) is 5. The number of furan rings is 1. The highest BCUT2D eigenvalue weighted by Gasteiger charge is 2.15. The molecule has 0 atom stereocenters. The summed E-state index contributed by atoms with van der Waals surface area (Å²) in [7, 11) is 0. The molecule has 4 heterocycles. The lowest BCUT2D eigenvalue weighted by atomic mass is 10.2. The fourth-order valence-electron chi connectivity index (χ4n) is 2.58. The van der Waals surface area contributed by atoms with Crippen molar-refractivity contribution in [2.75, 3.05) is 0 Å². The molecule has 1 N–H and O–H groups in total. The van der Waals surface area contributed by atoms with E-state index in [1.165, 1.54) is 6.08 Å². The van der Waals surface area contributed by atoms with Gasteiger partial charge in [-0.2, -0.15) is 4.98 Å². The number of aromatic nitrogens is 5. The number of hydrogen-bond donors (Lipinski definition) is 1. The van der Waals surface area contributed by atoms with Crippen LogP contribution in [0.4, 0.5) is 0 Å². The monoisotopic (exact) mass is 364 g/mol. The Morgan fingerprint density at radius 2 is 2.15 bits per heavy atom. The molecule has 9 nitrogen and oxygen atoms in total. The topological polar surface area (TPSA) is 111 Å². The van der Waals surface area contributed by atoms with Crippen LogP contribution in [0.2, 0.25) is 0 Å². The molecule has 0 fully saturated rings. The number of carbonyl (C=O) groups is 1. The third-order valence-corrected chi connectivity index (χ3v) is 3.84. The van der Waals surface area contributed by atoms with Gasteiger partial charge in [-0.25, -0.2) is 0 Å². The van der Waals surface area contributed by atoms with Crippen LogP contribution in [0.3, 0.4) is 0 Å². The maximum atomic E-state index is 12.0. The van der Waals surface area contributed by atoms with Gasteiger partial charge in [0.1, 0.15) is 11.5 Å². The standard InChI is InChI=1S/C18H16N6O3/c1-11-5-6-13(26-11)7-8-16(25)19-10-15-21-22-17-14(4-3-9-24(15)17)18-20-12(2)23-27-18/h3-9H,10H2,1-2H3,(H,19,25)/b8-7+. The molecule has 0 bridgehead atoms. The van der Waals surface area contributed by atoms with Gasteiger partial charge >= 0.3 is 0 Å². The van der Waals surface area contributed by atoms with Gasteiger partial charge in [-0.1, -0.05) is 5.16 Å². The Kier molecular flexibility index (Phi) is 4.25. The van der Waals surface area contributed by atoms with Crippen molar-refractivity contribution in [1.82, 2.24) is 30.1 Å². The Labute approximate surface area is 153 Å². The molecular formula is C18H16N6O3. The van der Waals surface area contributed by atoms with Crippen molar-refractivity contribution in [1.29, 1.82) is 0 Å². The molecule has 0 saturated carbocycles. The van der Waals surface area contributed by atoms with Gasteiger partial charge in [0.05, 0.1) is 12.1 Å². The number of fused-ring (bicyclic) bond motifs is 1. The molecule has 9 heteroatoms. The molecule has 0 aliphatic rings. The Bertz CT molecular complexity index is 1140. The molecule has 4 aromatic rings. The van der Waals surface area contributed by atoms with Crippen LogP contribution in [0.15, 0.2) is 45.5 Å². The number of hydrogen-bond acceptors (Lipinski definition) is 7. The van der Waals surface area contributed by atoms with Crippen molar-refractivity contribution in [3.8, 4) is 11.5 Å². The number of aryl methyl sites for hydroxylation is 2. The molecular weight excluding hydrogens is 348 g/mol. The molecule has 0 aromatic carbocycles. The van der Waals surface area contributed by atoms with Gasteiger partial charge in [-0.3, -0.25) is 9.20 Å². The molecule has 0 saturated heterocycles. The van der Waals surface area contributed by atoms with Crippen LogP contribution >= 0.6 is 0 Å². The highest BCUT2D eigenvalue weighted by Crippen LogP contribution is 2.22. The van der Waals surface area contributed by atoms with Crippen LogP contribution in [0, 0.1) is 13.8 Å². The SMILES string of the molecule is Cc1noc(-c2cccn3c(CNC(=O)/C=C/c4ccc(C)o4)nnc23)n1. The van der Waals surface area contributed by atoms with E-state index in [1.54, 1.807) is 23.5 Å². The van der Waals surface area contributed by atoms with Crippen LogP contribution < -0.4 is 5.32 Å². The maximum absolute atomic E-state index is 12.0. The average Bonchev–Trinajstić information content (AvgIpc) is 3.38. The predicted molar refractivity (Wildman–Crippen MR) is 95.3 cm³/mol. The number of nitrogens with one attached hydrogen (secondary N) is 1. The van der Waals surface area contributed by atoms with Crippen molar-refractivity contribution in [3.63, 3.8) is 0 Å². The number of pyridine rings is 1. The van der Waals surface area contributed by atoms with E-state index in [2.05, 4.69) is 25.7 Å². The predicted octanol–water partition coefficient (Wildman–Crippen LogP) is 2.32. The smallest absolute Gasteiger partial charge is 0.261 e. The first-order valence-electron chi connectivity index (χ1n) is 8.26. The first-order valence-corrected chi connectivity index (χ1v) is 8.26. The molecule has 4 aromatic heterocycles. The maximum Gasteiger partial charge on any atom is 0.261 e. The van der Waals surface area contributed by atoms with Gasteiger partial charge < -0.3 is 14.3 Å². The Morgan fingerprint density at radius 3 is 2.89 bits per heavy atom. The van der Waals surface area contributed by atoms with Crippen molar-refractivity contribution in [2.45, 2.75) is 20.4 Å². The lowest BCUT2D eigenvalue weighted by molar-refractivity contribution is -0.116. The lowest BCUT2D eigenvalue weighted by Crippen LogP contribution is -2.21.